The fourth-order valence-electron chi connectivity index (χ4n) is 3.86. The van der Waals surface area contributed by atoms with E-state index in [-0.39, 0.29) is 11.6 Å². The number of thiazole rings is 1. The molecule has 0 saturated heterocycles. The second-order valence-electron chi connectivity index (χ2n) is 8.49. The minimum Gasteiger partial charge on any atom is -0.350 e. The highest BCUT2D eigenvalue weighted by atomic mass is 32.2. The van der Waals surface area contributed by atoms with Crippen LogP contribution in [-0.4, -0.2) is 27.4 Å². The Hall–Kier alpha value is -4.08. The van der Waals surface area contributed by atoms with E-state index in [1.807, 2.05) is 79.7 Å². The summed E-state index contributed by atoms with van der Waals surface area (Å²) in [6, 6.07) is 25.2. The highest BCUT2D eigenvalue weighted by molar-refractivity contribution is 8.01. The van der Waals surface area contributed by atoms with Crippen LogP contribution in [0.15, 0.2) is 107 Å². The number of hydrogen-bond donors (Lipinski definition) is 2. The zero-order chi connectivity index (χ0) is 26.3. The SMILES string of the molecule is Cc1ccc(Nc2ncc(Sc3ccnc(C(=O)NCC(c4ccccc4)c4ccccc4)c3F)s2)nc1. The van der Waals surface area contributed by atoms with Gasteiger partial charge in [0.25, 0.3) is 5.91 Å². The van der Waals surface area contributed by atoms with Gasteiger partial charge < -0.3 is 10.6 Å². The molecule has 1 amide bonds. The van der Waals surface area contributed by atoms with Crippen LogP contribution < -0.4 is 10.6 Å². The molecule has 6 nitrogen and oxygen atoms in total. The second-order valence-corrected chi connectivity index (χ2v) is 10.9. The topological polar surface area (TPSA) is 79.8 Å². The number of aryl methyl sites for hydroxylation is 1. The van der Waals surface area contributed by atoms with Gasteiger partial charge in [-0.2, -0.15) is 0 Å². The minimum absolute atomic E-state index is 0.0758. The summed E-state index contributed by atoms with van der Waals surface area (Å²) in [6.45, 7) is 2.28. The molecule has 0 fully saturated rings. The van der Waals surface area contributed by atoms with Gasteiger partial charge in [-0.1, -0.05) is 89.8 Å². The molecule has 2 aromatic carbocycles. The number of halogens is 1. The van der Waals surface area contributed by atoms with Gasteiger partial charge in [0.2, 0.25) is 0 Å². The molecule has 38 heavy (non-hydrogen) atoms. The molecule has 0 aliphatic heterocycles. The molecule has 9 heteroatoms. The van der Waals surface area contributed by atoms with Crippen LogP contribution in [0.3, 0.4) is 0 Å². The highest BCUT2D eigenvalue weighted by Crippen LogP contribution is 2.36. The van der Waals surface area contributed by atoms with Gasteiger partial charge >= 0.3 is 0 Å². The number of carbonyl (C=O) groups is 1. The van der Waals surface area contributed by atoms with Crippen molar-refractivity contribution in [1.82, 2.24) is 20.3 Å². The van der Waals surface area contributed by atoms with Gasteiger partial charge in [-0.25, -0.2) is 19.3 Å². The molecule has 0 aliphatic rings. The number of anilines is 2. The summed E-state index contributed by atoms with van der Waals surface area (Å²) in [5.41, 5.74) is 2.95. The molecule has 2 N–H and O–H groups in total. The quantitative estimate of drug-likeness (QED) is 0.213. The first-order valence-electron chi connectivity index (χ1n) is 11.9. The number of amides is 1. The largest absolute Gasteiger partial charge is 0.350 e. The number of carbonyl (C=O) groups excluding carboxylic acids is 1. The Morgan fingerprint density at radius 2 is 1.63 bits per heavy atom. The Morgan fingerprint density at radius 1 is 0.921 bits per heavy atom. The van der Waals surface area contributed by atoms with Gasteiger partial charge in [-0.05, 0) is 35.7 Å². The molecule has 0 unspecified atom stereocenters. The molecular weight excluding hydrogens is 517 g/mol. The highest BCUT2D eigenvalue weighted by Gasteiger charge is 2.21. The lowest BCUT2D eigenvalue weighted by Crippen LogP contribution is -2.30. The van der Waals surface area contributed by atoms with Gasteiger partial charge in [0.05, 0.1) is 15.3 Å². The van der Waals surface area contributed by atoms with E-state index in [2.05, 4.69) is 25.6 Å². The van der Waals surface area contributed by atoms with Gasteiger partial charge in [0.15, 0.2) is 16.6 Å². The van der Waals surface area contributed by atoms with Crippen LogP contribution in [0.4, 0.5) is 15.3 Å². The van der Waals surface area contributed by atoms with Crippen LogP contribution in [0.5, 0.6) is 0 Å². The molecule has 3 aromatic heterocycles. The van der Waals surface area contributed by atoms with E-state index >= 15 is 4.39 Å². The summed E-state index contributed by atoms with van der Waals surface area (Å²) >= 11 is 2.57. The summed E-state index contributed by atoms with van der Waals surface area (Å²) in [7, 11) is 0. The van der Waals surface area contributed by atoms with E-state index in [4.69, 9.17) is 0 Å². The second kappa shape index (κ2) is 12.0. The van der Waals surface area contributed by atoms with E-state index in [9.17, 15) is 4.79 Å². The van der Waals surface area contributed by atoms with Crippen molar-refractivity contribution < 1.29 is 9.18 Å². The molecule has 0 saturated carbocycles. The smallest absolute Gasteiger partial charge is 0.273 e. The molecule has 5 rings (SSSR count). The van der Waals surface area contributed by atoms with Gasteiger partial charge in [-0.3, -0.25) is 4.79 Å². The van der Waals surface area contributed by atoms with Crippen LogP contribution in [0.25, 0.3) is 0 Å². The number of rotatable bonds is 9. The van der Waals surface area contributed by atoms with Gasteiger partial charge in [0, 0.05) is 24.9 Å². The van der Waals surface area contributed by atoms with Crippen LogP contribution in [0, 0.1) is 12.7 Å². The Bertz CT molecular complexity index is 1470. The lowest BCUT2D eigenvalue weighted by molar-refractivity contribution is 0.0942. The molecule has 0 atom stereocenters. The van der Waals surface area contributed by atoms with Crippen molar-refractivity contribution in [3.05, 3.63) is 126 Å². The average molecular weight is 542 g/mol. The number of aromatic nitrogens is 3. The molecule has 0 bridgehead atoms. The monoisotopic (exact) mass is 541 g/mol. The molecule has 0 spiro atoms. The fraction of sp³-hybridized carbons (Fsp3) is 0.103. The molecule has 0 aliphatic carbocycles. The zero-order valence-corrected chi connectivity index (χ0v) is 22.1. The first kappa shape index (κ1) is 25.6. The predicted molar refractivity (Wildman–Crippen MR) is 150 cm³/mol. The van der Waals surface area contributed by atoms with Crippen LogP contribution in [-0.2, 0) is 0 Å². The standard InChI is InChI=1S/C29H24FN5OS2/c1-19-12-13-24(32-16-19)35-29-34-18-25(38-29)37-23-14-15-31-27(26(23)30)28(36)33-17-22(20-8-4-2-5-9-20)21-10-6-3-7-11-21/h2-16,18,22H,17H2,1H3,(H,33,36)(H,32,34,35). The third-order valence-corrected chi connectivity index (χ3v) is 7.83. The lowest BCUT2D eigenvalue weighted by Gasteiger charge is -2.19. The van der Waals surface area contributed by atoms with Crippen LogP contribution in [0.1, 0.15) is 33.1 Å². The zero-order valence-electron chi connectivity index (χ0n) is 20.5. The normalized spacial score (nSPS) is 10.9. The van der Waals surface area contributed by atoms with Crippen molar-refractivity contribution in [2.75, 3.05) is 11.9 Å². The Morgan fingerprint density at radius 3 is 2.29 bits per heavy atom. The summed E-state index contributed by atoms with van der Waals surface area (Å²) in [4.78, 5) is 26.0. The average Bonchev–Trinajstić information content (AvgIpc) is 3.39. The van der Waals surface area contributed by atoms with Crippen molar-refractivity contribution in [2.24, 2.45) is 0 Å². The molecular formula is C29H24FN5OS2. The van der Waals surface area contributed by atoms with Crippen molar-refractivity contribution >= 4 is 40.0 Å². The third kappa shape index (κ3) is 6.24. The summed E-state index contributed by atoms with van der Waals surface area (Å²) < 4.78 is 16.2. The summed E-state index contributed by atoms with van der Waals surface area (Å²) in [5, 5.41) is 6.68. The maximum Gasteiger partial charge on any atom is 0.273 e. The number of nitrogens with one attached hydrogen (secondary N) is 2. The Balaban J connectivity index is 1.28. The van der Waals surface area contributed by atoms with E-state index in [1.165, 1.54) is 29.3 Å². The molecule has 190 valence electrons. The number of hydrogen-bond acceptors (Lipinski definition) is 7. The van der Waals surface area contributed by atoms with Crippen LogP contribution in [0.2, 0.25) is 0 Å². The Kier molecular flexibility index (Phi) is 8.06. The van der Waals surface area contributed by atoms with Crippen LogP contribution >= 0.6 is 23.1 Å². The summed E-state index contributed by atoms with van der Waals surface area (Å²) in [6.07, 6.45) is 4.88. The number of benzene rings is 2. The van der Waals surface area contributed by atoms with E-state index in [0.717, 1.165) is 20.9 Å². The molecule has 3 heterocycles. The Labute approximate surface area is 228 Å². The summed E-state index contributed by atoms with van der Waals surface area (Å²) in [5.74, 6) is -0.610. The molecule has 0 radical (unpaired) electrons. The first-order chi connectivity index (χ1) is 18.6. The van der Waals surface area contributed by atoms with Crippen molar-refractivity contribution in [3.8, 4) is 0 Å². The van der Waals surface area contributed by atoms with Crippen molar-refractivity contribution in [3.63, 3.8) is 0 Å². The van der Waals surface area contributed by atoms with E-state index in [0.29, 0.717) is 22.4 Å². The fourth-order valence-corrected chi connectivity index (χ4v) is 5.73. The number of pyridine rings is 2. The predicted octanol–water partition coefficient (Wildman–Crippen LogP) is 6.84. The van der Waals surface area contributed by atoms with Gasteiger partial charge in [-0.15, -0.1) is 0 Å². The third-order valence-electron chi connectivity index (χ3n) is 5.78. The molecule has 5 aromatic rings. The first-order valence-corrected chi connectivity index (χ1v) is 13.6. The maximum absolute atomic E-state index is 15.4. The van der Waals surface area contributed by atoms with Crippen molar-refractivity contribution in [1.29, 1.82) is 0 Å². The maximum atomic E-state index is 15.4. The minimum atomic E-state index is -0.658. The number of nitrogens with zero attached hydrogens (tertiary/aromatic N) is 3. The lowest BCUT2D eigenvalue weighted by atomic mass is 9.91. The van der Waals surface area contributed by atoms with E-state index < -0.39 is 11.7 Å². The van der Waals surface area contributed by atoms with E-state index in [1.54, 1.807) is 18.5 Å². The van der Waals surface area contributed by atoms with Gasteiger partial charge in [0.1, 0.15) is 5.82 Å². The van der Waals surface area contributed by atoms with Crippen molar-refractivity contribution in [2.45, 2.75) is 21.9 Å².